The number of rotatable bonds is 4. The van der Waals surface area contributed by atoms with E-state index in [1.165, 1.54) is 11.1 Å². The molecule has 2 aliphatic carbocycles. The maximum Gasteiger partial charge on any atom is 0.263 e. The first-order valence-electron chi connectivity index (χ1n) is 16.1. The van der Waals surface area contributed by atoms with Crippen LogP contribution in [0.3, 0.4) is 0 Å². The molecule has 1 spiro atoms. The Kier molecular flexibility index (Phi) is 9.72. The predicted octanol–water partition coefficient (Wildman–Crippen LogP) is 6.25. The molecule has 1 N–H and O–H groups in total. The molecule has 1 saturated carbocycles. The van der Waals surface area contributed by atoms with Crippen molar-refractivity contribution in [2.24, 2.45) is 17.8 Å². The van der Waals surface area contributed by atoms with Crippen LogP contribution in [0.2, 0.25) is 5.02 Å². The summed E-state index contributed by atoms with van der Waals surface area (Å²) in [5.41, 5.74) is 3.85. The van der Waals surface area contributed by atoms with Gasteiger partial charge < -0.3 is 19.1 Å². The molecule has 238 valence electrons. The highest BCUT2D eigenvalue weighted by Crippen LogP contribution is 2.47. The van der Waals surface area contributed by atoms with E-state index in [4.69, 9.17) is 25.8 Å². The van der Waals surface area contributed by atoms with Gasteiger partial charge in [0.2, 0.25) is 0 Å². The van der Waals surface area contributed by atoms with Crippen molar-refractivity contribution in [3.05, 3.63) is 70.3 Å². The molecule has 0 radical (unpaired) electrons. The Morgan fingerprint density at radius 1 is 1.16 bits per heavy atom. The number of ether oxygens (including phenoxy) is 3. The second-order valence-corrected chi connectivity index (χ2v) is 15.2. The number of aryl methyl sites for hydroxylation is 1. The molecule has 6 unspecified atom stereocenters. The number of halogens is 1. The van der Waals surface area contributed by atoms with E-state index in [1.54, 1.807) is 13.2 Å². The molecular formula is C35H45ClN2O5S. The van der Waals surface area contributed by atoms with E-state index >= 15 is 0 Å². The van der Waals surface area contributed by atoms with Gasteiger partial charge in [-0.15, -0.1) is 0 Å². The van der Waals surface area contributed by atoms with Crippen LogP contribution in [0.1, 0.15) is 67.4 Å². The normalized spacial score (nSPS) is 32.8. The minimum Gasteiger partial charge on any atom is -0.490 e. The molecule has 6 rings (SSSR count). The molecule has 2 bridgehead atoms. The van der Waals surface area contributed by atoms with Crippen LogP contribution in [-0.2, 0) is 32.3 Å². The topological polar surface area (TPSA) is 77.1 Å². The van der Waals surface area contributed by atoms with Crippen LogP contribution in [0.5, 0.6) is 5.75 Å². The number of amides is 1. The van der Waals surface area contributed by atoms with Gasteiger partial charge in [-0.1, -0.05) is 36.7 Å². The minimum atomic E-state index is -1.52. The van der Waals surface area contributed by atoms with Crippen molar-refractivity contribution >= 4 is 34.2 Å². The Morgan fingerprint density at radius 2 is 2.02 bits per heavy atom. The van der Waals surface area contributed by atoms with E-state index in [2.05, 4.69) is 40.8 Å². The lowest BCUT2D eigenvalue weighted by Gasteiger charge is -2.46. The number of fused-ring (bicyclic) bond motifs is 4. The summed E-state index contributed by atoms with van der Waals surface area (Å²) in [6, 6.07) is 12.0. The summed E-state index contributed by atoms with van der Waals surface area (Å²) < 4.78 is 34.4. The van der Waals surface area contributed by atoms with E-state index in [0.29, 0.717) is 37.2 Å². The van der Waals surface area contributed by atoms with Gasteiger partial charge in [-0.2, -0.15) is 0 Å². The maximum atomic E-state index is 13.4. The number of methoxy groups -OCH3 is 1. The smallest absolute Gasteiger partial charge is 0.263 e. The van der Waals surface area contributed by atoms with Crippen LogP contribution < -0.4 is 14.4 Å². The lowest BCUT2D eigenvalue weighted by Crippen LogP contribution is -2.49. The number of nitrogens with one attached hydrogen (secondary N) is 1. The fourth-order valence-electron chi connectivity index (χ4n) is 7.45. The Balaban J connectivity index is 1.39. The second kappa shape index (κ2) is 13.5. The molecule has 7 atom stereocenters. The number of allylic oxidation sites excluding steroid dienone is 1. The zero-order valence-corrected chi connectivity index (χ0v) is 27.6. The van der Waals surface area contributed by atoms with Gasteiger partial charge in [-0.3, -0.25) is 9.52 Å². The highest BCUT2D eigenvalue weighted by atomic mass is 35.5. The third-order valence-corrected chi connectivity index (χ3v) is 12.2. The van der Waals surface area contributed by atoms with Gasteiger partial charge in [0.25, 0.3) is 5.91 Å². The third kappa shape index (κ3) is 6.46. The van der Waals surface area contributed by atoms with E-state index in [1.807, 2.05) is 25.1 Å². The van der Waals surface area contributed by atoms with E-state index in [0.717, 1.165) is 68.1 Å². The monoisotopic (exact) mass is 640 g/mol. The largest absolute Gasteiger partial charge is 0.490 e. The fourth-order valence-corrected chi connectivity index (χ4v) is 8.67. The lowest BCUT2D eigenvalue weighted by atomic mass is 9.68. The molecule has 0 aromatic heterocycles. The SMILES string of the molecule is COCCOC1/C=C/CC(C)C(C)S(=O)NC(=O)c2ccc3c(c2)N(CC2CC[C@H]21)CC1(CCCc2cc(Cl)ccc21)CO3. The molecule has 2 aliphatic heterocycles. The molecule has 2 heterocycles. The molecule has 2 aromatic rings. The van der Waals surface area contributed by atoms with Crippen molar-refractivity contribution in [2.75, 3.05) is 44.9 Å². The van der Waals surface area contributed by atoms with Crippen molar-refractivity contribution in [2.45, 2.75) is 69.1 Å². The van der Waals surface area contributed by atoms with Crippen molar-refractivity contribution in [1.82, 2.24) is 4.72 Å². The van der Waals surface area contributed by atoms with E-state index < -0.39 is 11.0 Å². The van der Waals surface area contributed by atoms with Gasteiger partial charge in [-0.25, -0.2) is 4.21 Å². The zero-order chi connectivity index (χ0) is 30.8. The van der Waals surface area contributed by atoms with Gasteiger partial charge in [0.1, 0.15) is 16.7 Å². The Bertz CT molecular complexity index is 1420. The first-order valence-corrected chi connectivity index (χ1v) is 17.7. The summed E-state index contributed by atoms with van der Waals surface area (Å²) in [6.45, 7) is 7.31. The van der Waals surface area contributed by atoms with Gasteiger partial charge in [0.05, 0.1) is 36.9 Å². The predicted molar refractivity (Wildman–Crippen MR) is 176 cm³/mol. The summed E-state index contributed by atoms with van der Waals surface area (Å²) in [6.07, 6.45) is 10.5. The summed E-state index contributed by atoms with van der Waals surface area (Å²) in [4.78, 5) is 15.9. The summed E-state index contributed by atoms with van der Waals surface area (Å²) in [7, 11) is 0.179. The molecule has 9 heteroatoms. The third-order valence-electron chi connectivity index (χ3n) is 10.4. The first kappa shape index (κ1) is 31.6. The number of hydrogen-bond acceptors (Lipinski definition) is 6. The highest BCUT2D eigenvalue weighted by Gasteiger charge is 2.44. The van der Waals surface area contributed by atoms with Crippen LogP contribution in [0.25, 0.3) is 0 Å². The highest BCUT2D eigenvalue weighted by molar-refractivity contribution is 7.84. The van der Waals surface area contributed by atoms with E-state index in [-0.39, 0.29) is 28.6 Å². The summed E-state index contributed by atoms with van der Waals surface area (Å²) in [5.74, 6) is 1.39. The summed E-state index contributed by atoms with van der Waals surface area (Å²) >= 11 is 6.44. The average molecular weight is 641 g/mol. The second-order valence-electron chi connectivity index (χ2n) is 13.2. The number of carbonyl (C=O) groups is 1. The van der Waals surface area contributed by atoms with Crippen LogP contribution >= 0.6 is 11.6 Å². The minimum absolute atomic E-state index is 0.00921. The molecule has 7 nitrogen and oxygen atoms in total. The Labute approximate surface area is 269 Å². The molecule has 4 aliphatic rings. The zero-order valence-electron chi connectivity index (χ0n) is 26.1. The quantitative estimate of drug-likeness (QED) is 0.315. The van der Waals surface area contributed by atoms with Gasteiger partial charge in [0, 0.05) is 36.2 Å². The van der Waals surface area contributed by atoms with Crippen molar-refractivity contribution in [1.29, 1.82) is 0 Å². The van der Waals surface area contributed by atoms with Crippen molar-refractivity contribution < 1.29 is 23.2 Å². The van der Waals surface area contributed by atoms with Gasteiger partial charge >= 0.3 is 0 Å². The lowest BCUT2D eigenvalue weighted by molar-refractivity contribution is -0.0309. The molecule has 44 heavy (non-hydrogen) atoms. The van der Waals surface area contributed by atoms with Crippen LogP contribution in [-0.4, -0.2) is 61.5 Å². The van der Waals surface area contributed by atoms with Gasteiger partial charge in [-0.05, 0) is 105 Å². The van der Waals surface area contributed by atoms with E-state index in [9.17, 15) is 9.00 Å². The average Bonchev–Trinajstić information content (AvgIpc) is 3.15. The molecule has 0 saturated heterocycles. The van der Waals surface area contributed by atoms with Crippen molar-refractivity contribution in [3.8, 4) is 5.75 Å². The van der Waals surface area contributed by atoms with Crippen molar-refractivity contribution in [3.63, 3.8) is 0 Å². The van der Waals surface area contributed by atoms with Crippen LogP contribution in [0.4, 0.5) is 5.69 Å². The Morgan fingerprint density at radius 3 is 2.82 bits per heavy atom. The number of benzene rings is 2. The first-order chi connectivity index (χ1) is 21.3. The van der Waals surface area contributed by atoms with Crippen LogP contribution in [0.15, 0.2) is 48.6 Å². The number of anilines is 1. The fraction of sp³-hybridized carbons (Fsp3) is 0.571. The molecule has 1 fully saturated rings. The Hall–Kier alpha value is -2.39. The maximum absolute atomic E-state index is 13.4. The molecular weight excluding hydrogens is 596 g/mol. The standard InChI is InChI=1S/C35H45ClN2O5S/c1-23-6-4-8-32(42-17-16-41-3)29-12-9-27(29)20-38-21-35(15-5-7-25-18-28(36)11-13-30(25)35)22-43-33-14-10-26(19-31(33)38)34(39)37-44(40)24(23)2/h4,8,10-11,13-14,18-19,23-24,27,29,32H,5-7,9,12,15-17,20-22H2,1-3H3,(H,37,39)/b8-4+/t23?,24?,27?,29-,32?,35?,44?/m1/s1. The summed E-state index contributed by atoms with van der Waals surface area (Å²) in [5, 5.41) is 0.562. The molecule has 1 amide bonds. The number of carbonyl (C=O) groups excluding carboxylic acids is 1. The number of hydrogen-bond donors (Lipinski definition) is 1. The van der Waals surface area contributed by atoms with Gasteiger partial charge in [0.15, 0.2) is 0 Å². The molecule has 2 aromatic carbocycles. The van der Waals surface area contributed by atoms with Crippen LogP contribution in [0, 0.1) is 17.8 Å². The number of nitrogens with zero attached hydrogens (tertiary/aromatic N) is 1.